The van der Waals surface area contributed by atoms with E-state index in [-0.39, 0.29) is 23.6 Å². The summed E-state index contributed by atoms with van der Waals surface area (Å²) in [7, 11) is 0. The van der Waals surface area contributed by atoms with Gasteiger partial charge in [-0.25, -0.2) is 9.48 Å². The molecule has 1 amide bonds. The summed E-state index contributed by atoms with van der Waals surface area (Å²) < 4.78 is 45.6. The second-order valence-electron chi connectivity index (χ2n) is 5.99. The van der Waals surface area contributed by atoms with Gasteiger partial charge < -0.3 is 15.2 Å². The molecule has 0 radical (unpaired) electrons. The number of anilines is 1. The largest absolute Gasteiger partial charge is 0.478 e. The van der Waals surface area contributed by atoms with E-state index < -0.39 is 23.4 Å². The van der Waals surface area contributed by atoms with Gasteiger partial charge in [0.05, 0.1) is 23.9 Å². The Kier molecular flexibility index (Phi) is 4.92. The Labute approximate surface area is 151 Å². The third kappa shape index (κ3) is 3.95. The van der Waals surface area contributed by atoms with Crippen molar-refractivity contribution in [2.75, 3.05) is 11.9 Å². The summed E-state index contributed by atoms with van der Waals surface area (Å²) in [6.07, 6.45) is -3.70. The SMILES string of the molecule is CCOC1CC1C(=O)Nc1ccc(-n2ncc(C(=O)O)c2C(F)(F)F)cc1. The molecular weight excluding hydrogens is 367 g/mol. The Balaban J connectivity index is 1.78. The van der Waals surface area contributed by atoms with Crippen LogP contribution in [0.25, 0.3) is 5.69 Å². The number of amides is 1. The van der Waals surface area contributed by atoms with Gasteiger partial charge in [0.25, 0.3) is 0 Å². The van der Waals surface area contributed by atoms with Crippen LogP contribution in [0.4, 0.5) is 18.9 Å². The summed E-state index contributed by atoms with van der Waals surface area (Å²) in [5.74, 6) is -2.17. The lowest BCUT2D eigenvalue weighted by molar-refractivity contribution is -0.143. The Hall–Kier alpha value is -2.88. The van der Waals surface area contributed by atoms with Gasteiger partial charge in [-0.05, 0) is 37.6 Å². The number of nitrogens with one attached hydrogen (secondary N) is 1. The zero-order valence-electron chi connectivity index (χ0n) is 14.2. The van der Waals surface area contributed by atoms with Crippen LogP contribution in [-0.2, 0) is 15.7 Å². The highest BCUT2D eigenvalue weighted by Gasteiger charge is 2.44. The maximum absolute atomic E-state index is 13.2. The Morgan fingerprint density at radius 2 is 2.00 bits per heavy atom. The predicted molar refractivity (Wildman–Crippen MR) is 87.7 cm³/mol. The molecule has 1 saturated carbocycles. The number of aromatic nitrogens is 2. The average molecular weight is 383 g/mol. The van der Waals surface area contributed by atoms with E-state index >= 15 is 0 Å². The Bertz CT molecular complexity index is 861. The van der Waals surface area contributed by atoms with Gasteiger partial charge in [0.15, 0.2) is 5.69 Å². The molecular formula is C17H16F3N3O4. The fourth-order valence-corrected chi connectivity index (χ4v) is 2.74. The minimum Gasteiger partial charge on any atom is -0.478 e. The first-order valence-corrected chi connectivity index (χ1v) is 8.13. The van der Waals surface area contributed by atoms with Crippen molar-refractivity contribution >= 4 is 17.6 Å². The molecule has 1 heterocycles. The van der Waals surface area contributed by atoms with Crippen LogP contribution in [-0.4, -0.2) is 39.5 Å². The van der Waals surface area contributed by atoms with Gasteiger partial charge in [0.2, 0.25) is 5.91 Å². The molecule has 2 N–H and O–H groups in total. The third-order valence-corrected chi connectivity index (χ3v) is 4.10. The lowest BCUT2D eigenvalue weighted by Gasteiger charge is -2.12. The van der Waals surface area contributed by atoms with Gasteiger partial charge in [-0.1, -0.05) is 0 Å². The lowest BCUT2D eigenvalue weighted by Crippen LogP contribution is -2.18. The molecule has 27 heavy (non-hydrogen) atoms. The highest BCUT2D eigenvalue weighted by molar-refractivity contribution is 5.95. The van der Waals surface area contributed by atoms with Crippen molar-refractivity contribution in [2.24, 2.45) is 5.92 Å². The van der Waals surface area contributed by atoms with E-state index in [1.165, 1.54) is 24.3 Å². The summed E-state index contributed by atoms with van der Waals surface area (Å²) in [6, 6.07) is 5.48. The number of benzene rings is 1. The summed E-state index contributed by atoms with van der Waals surface area (Å²) >= 11 is 0. The number of ether oxygens (including phenoxy) is 1. The van der Waals surface area contributed by atoms with E-state index in [0.717, 1.165) is 0 Å². The van der Waals surface area contributed by atoms with Crippen LogP contribution in [0.5, 0.6) is 0 Å². The van der Waals surface area contributed by atoms with Crippen molar-refractivity contribution < 1.29 is 32.6 Å². The van der Waals surface area contributed by atoms with Crippen LogP contribution >= 0.6 is 0 Å². The van der Waals surface area contributed by atoms with E-state index in [1.807, 2.05) is 6.92 Å². The van der Waals surface area contributed by atoms with Gasteiger partial charge in [-0.3, -0.25) is 4.79 Å². The summed E-state index contributed by atoms with van der Waals surface area (Å²) in [4.78, 5) is 23.1. The first kappa shape index (κ1) is 18.9. The molecule has 0 aliphatic heterocycles. The van der Waals surface area contributed by atoms with Crippen molar-refractivity contribution in [3.05, 3.63) is 41.7 Å². The third-order valence-electron chi connectivity index (χ3n) is 4.10. The number of hydrogen-bond donors (Lipinski definition) is 2. The second kappa shape index (κ2) is 7.03. The Morgan fingerprint density at radius 3 is 2.56 bits per heavy atom. The fourth-order valence-electron chi connectivity index (χ4n) is 2.74. The average Bonchev–Trinajstić information content (AvgIpc) is 3.20. The minimum atomic E-state index is -4.89. The van der Waals surface area contributed by atoms with Crippen molar-refractivity contribution in [3.8, 4) is 5.69 Å². The Morgan fingerprint density at radius 1 is 1.33 bits per heavy atom. The van der Waals surface area contributed by atoms with Gasteiger partial charge >= 0.3 is 12.1 Å². The van der Waals surface area contributed by atoms with Crippen LogP contribution < -0.4 is 5.32 Å². The minimum absolute atomic E-state index is 0.0199. The van der Waals surface area contributed by atoms with Crippen LogP contribution in [0.15, 0.2) is 30.5 Å². The topological polar surface area (TPSA) is 93.5 Å². The molecule has 0 bridgehead atoms. The molecule has 2 aromatic rings. The van der Waals surface area contributed by atoms with E-state index in [1.54, 1.807) is 0 Å². The molecule has 10 heteroatoms. The van der Waals surface area contributed by atoms with Crippen LogP contribution in [0, 0.1) is 5.92 Å². The number of carbonyl (C=O) groups excluding carboxylic acids is 1. The molecule has 2 unspecified atom stereocenters. The first-order valence-electron chi connectivity index (χ1n) is 8.13. The standard InChI is InChI=1S/C17H16F3N3O4/c1-2-27-13-7-11(13)15(24)22-9-3-5-10(6-4-9)23-14(17(18,19)20)12(8-21-23)16(25)26/h3-6,8,11,13H,2,7H2,1H3,(H,22,24)(H,25,26). The zero-order chi connectivity index (χ0) is 19.8. The van der Waals surface area contributed by atoms with Crippen molar-refractivity contribution in [1.29, 1.82) is 0 Å². The fraction of sp³-hybridized carbons (Fsp3) is 0.353. The van der Waals surface area contributed by atoms with Gasteiger partial charge in [0.1, 0.15) is 5.56 Å². The monoisotopic (exact) mass is 383 g/mol. The second-order valence-corrected chi connectivity index (χ2v) is 5.99. The number of halogens is 3. The molecule has 1 aliphatic carbocycles. The van der Waals surface area contributed by atoms with E-state index in [9.17, 15) is 22.8 Å². The van der Waals surface area contributed by atoms with E-state index in [4.69, 9.17) is 9.84 Å². The van der Waals surface area contributed by atoms with Crippen molar-refractivity contribution in [1.82, 2.24) is 9.78 Å². The summed E-state index contributed by atoms with van der Waals surface area (Å²) in [5.41, 5.74) is -1.88. The highest BCUT2D eigenvalue weighted by Crippen LogP contribution is 2.35. The maximum Gasteiger partial charge on any atom is 0.434 e. The highest BCUT2D eigenvalue weighted by atomic mass is 19.4. The summed E-state index contributed by atoms with van der Waals surface area (Å²) in [5, 5.41) is 15.2. The number of carboxylic acids is 1. The number of carbonyl (C=O) groups is 2. The molecule has 3 rings (SSSR count). The maximum atomic E-state index is 13.2. The molecule has 1 aliphatic rings. The smallest absolute Gasteiger partial charge is 0.434 e. The zero-order valence-corrected chi connectivity index (χ0v) is 14.2. The number of alkyl halides is 3. The predicted octanol–water partition coefficient (Wildman–Crippen LogP) is 2.95. The number of carboxylic acid groups (broad SMARTS) is 1. The molecule has 0 saturated heterocycles. The molecule has 1 aromatic heterocycles. The number of rotatable bonds is 6. The summed E-state index contributed by atoms with van der Waals surface area (Å²) in [6.45, 7) is 2.36. The van der Waals surface area contributed by atoms with E-state index in [2.05, 4.69) is 10.4 Å². The molecule has 1 fully saturated rings. The number of hydrogen-bond acceptors (Lipinski definition) is 4. The van der Waals surface area contributed by atoms with E-state index in [0.29, 0.717) is 29.6 Å². The lowest BCUT2D eigenvalue weighted by atomic mass is 10.2. The number of nitrogens with zero attached hydrogens (tertiary/aromatic N) is 2. The van der Waals surface area contributed by atoms with Gasteiger partial charge in [0, 0.05) is 12.3 Å². The van der Waals surface area contributed by atoms with Crippen molar-refractivity contribution in [3.63, 3.8) is 0 Å². The van der Waals surface area contributed by atoms with Gasteiger partial charge in [-0.2, -0.15) is 18.3 Å². The normalized spacial score (nSPS) is 19.0. The molecule has 1 aromatic carbocycles. The van der Waals surface area contributed by atoms with Crippen LogP contribution in [0.1, 0.15) is 29.4 Å². The first-order chi connectivity index (χ1) is 12.7. The quantitative estimate of drug-likeness (QED) is 0.800. The van der Waals surface area contributed by atoms with Gasteiger partial charge in [-0.15, -0.1) is 0 Å². The molecule has 144 valence electrons. The van der Waals surface area contributed by atoms with Crippen LogP contribution in [0.3, 0.4) is 0 Å². The molecule has 0 spiro atoms. The van der Waals surface area contributed by atoms with Crippen LogP contribution in [0.2, 0.25) is 0 Å². The molecule has 2 atom stereocenters. The molecule has 7 nitrogen and oxygen atoms in total. The number of aromatic carboxylic acids is 1. The van der Waals surface area contributed by atoms with Crippen molar-refractivity contribution in [2.45, 2.75) is 25.6 Å².